The summed E-state index contributed by atoms with van der Waals surface area (Å²) < 4.78 is 3.27. The van der Waals surface area contributed by atoms with Gasteiger partial charge >= 0.3 is 5.82 Å². The van der Waals surface area contributed by atoms with E-state index < -0.39 is 4.92 Å². The molecule has 9 nitrogen and oxygen atoms in total. The van der Waals surface area contributed by atoms with E-state index >= 15 is 0 Å². The van der Waals surface area contributed by atoms with Crippen molar-refractivity contribution in [3.05, 3.63) is 74.2 Å². The zero-order valence-corrected chi connectivity index (χ0v) is 16.2. The maximum Gasteiger partial charge on any atom is 0.408 e. The van der Waals surface area contributed by atoms with E-state index in [1.165, 1.54) is 10.9 Å². The zero-order chi connectivity index (χ0) is 20.3. The van der Waals surface area contributed by atoms with Gasteiger partial charge in [0.1, 0.15) is 0 Å². The average Bonchev–Trinajstić information content (AvgIpc) is 3.22. The largest absolute Gasteiger partial charge is 0.408 e. The van der Waals surface area contributed by atoms with Crippen LogP contribution in [0.3, 0.4) is 0 Å². The van der Waals surface area contributed by atoms with Crippen LogP contribution in [0.1, 0.15) is 34.1 Å². The molecule has 0 radical (unpaired) electrons. The van der Waals surface area contributed by atoms with Gasteiger partial charge in [-0.1, -0.05) is 23.7 Å². The van der Waals surface area contributed by atoms with Crippen LogP contribution in [-0.4, -0.2) is 30.4 Å². The standard InChI is InChI=1S/C18H19ClN6O3/c1-3-24-12(2)15(9-21-24)8-20-18(26)14-6-4-13(5-7-14)10-23-11-16(19)17(22-23)25(27)28/h4-7,9,11H,3,8,10H2,1-2H3,(H,20,26). The van der Waals surface area contributed by atoms with E-state index in [9.17, 15) is 14.9 Å². The summed E-state index contributed by atoms with van der Waals surface area (Å²) in [4.78, 5) is 22.5. The third-order valence-corrected chi connectivity index (χ3v) is 4.64. The molecule has 1 N–H and O–H groups in total. The Balaban J connectivity index is 1.61. The Morgan fingerprint density at radius 3 is 2.61 bits per heavy atom. The van der Waals surface area contributed by atoms with E-state index in [-0.39, 0.29) is 16.7 Å². The number of halogens is 1. The van der Waals surface area contributed by atoms with Crippen LogP contribution in [0.4, 0.5) is 5.82 Å². The fraction of sp³-hybridized carbons (Fsp3) is 0.278. The van der Waals surface area contributed by atoms with Crippen LogP contribution in [0.25, 0.3) is 0 Å². The third-order valence-electron chi connectivity index (χ3n) is 4.38. The second-order valence-electron chi connectivity index (χ2n) is 6.21. The van der Waals surface area contributed by atoms with Crippen molar-refractivity contribution in [2.75, 3.05) is 0 Å². The minimum Gasteiger partial charge on any atom is -0.358 e. The van der Waals surface area contributed by atoms with Crippen LogP contribution in [-0.2, 0) is 19.6 Å². The molecule has 0 aliphatic carbocycles. The smallest absolute Gasteiger partial charge is 0.358 e. The number of nitrogens with one attached hydrogen (secondary N) is 1. The molecule has 3 aromatic rings. The maximum absolute atomic E-state index is 12.3. The first-order valence-electron chi connectivity index (χ1n) is 8.64. The van der Waals surface area contributed by atoms with Crippen molar-refractivity contribution in [3.8, 4) is 0 Å². The lowest BCUT2D eigenvalue weighted by Crippen LogP contribution is -2.23. The highest BCUT2D eigenvalue weighted by Crippen LogP contribution is 2.21. The molecule has 1 aromatic carbocycles. The van der Waals surface area contributed by atoms with E-state index in [0.717, 1.165) is 23.4 Å². The van der Waals surface area contributed by atoms with Crippen molar-refractivity contribution in [1.29, 1.82) is 0 Å². The summed E-state index contributed by atoms with van der Waals surface area (Å²) in [6, 6.07) is 6.95. The molecule has 2 heterocycles. The normalized spacial score (nSPS) is 10.8. The number of carbonyl (C=O) groups excluding carboxylic acids is 1. The van der Waals surface area contributed by atoms with E-state index in [2.05, 4.69) is 15.5 Å². The number of amides is 1. The molecule has 0 saturated heterocycles. The molecule has 0 unspecified atom stereocenters. The van der Waals surface area contributed by atoms with Crippen molar-refractivity contribution in [1.82, 2.24) is 24.9 Å². The van der Waals surface area contributed by atoms with Gasteiger partial charge in [-0.25, -0.2) is 0 Å². The molecular formula is C18H19ClN6O3. The summed E-state index contributed by atoms with van der Waals surface area (Å²) in [6.45, 7) is 5.48. The highest BCUT2D eigenvalue weighted by atomic mass is 35.5. The molecule has 10 heteroatoms. The topological polar surface area (TPSA) is 108 Å². The summed E-state index contributed by atoms with van der Waals surface area (Å²) in [5.41, 5.74) is 3.37. The molecule has 0 bridgehead atoms. The highest BCUT2D eigenvalue weighted by molar-refractivity contribution is 6.32. The molecule has 0 saturated carbocycles. The van der Waals surface area contributed by atoms with Gasteiger partial charge < -0.3 is 15.4 Å². The van der Waals surface area contributed by atoms with Crippen LogP contribution < -0.4 is 5.32 Å². The lowest BCUT2D eigenvalue weighted by atomic mass is 10.1. The fourth-order valence-electron chi connectivity index (χ4n) is 2.80. The van der Waals surface area contributed by atoms with Gasteiger partial charge in [0, 0.05) is 29.9 Å². The molecule has 0 aliphatic rings. The van der Waals surface area contributed by atoms with Crippen molar-refractivity contribution >= 4 is 23.3 Å². The summed E-state index contributed by atoms with van der Waals surface area (Å²) in [5, 5.41) is 21.8. The van der Waals surface area contributed by atoms with E-state index in [1.54, 1.807) is 30.5 Å². The first-order valence-corrected chi connectivity index (χ1v) is 9.02. The minimum atomic E-state index is -0.627. The monoisotopic (exact) mass is 402 g/mol. The fourth-order valence-corrected chi connectivity index (χ4v) is 3.01. The number of nitrogens with zero attached hydrogens (tertiary/aromatic N) is 5. The number of hydrogen-bond donors (Lipinski definition) is 1. The van der Waals surface area contributed by atoms with Crippen LogP contribution >= 0.6 is 11.6 Å². The third kappa shape index (κ3) is 4.20. The summed E-state index contributed by atoms with van der Waals surface area (Å²) in [7, 11) is 0. The van der Waals surface area contributed by atoms with Crippen LogP contribution in [0, 0.1) is 17.0 Å². The van der Waals surface area contributed by atoms with Gasteiger partial charge in [-0.15, -0.1) is 0 Å². The van der Waals surface area contributed by atoms with Crippen LogP contribution in [0.5, 0.6) is 0 Å². The zero-order valence-electron chi connectivity index (χ0n) is 15.4. The predicted molar refractivity (Wildman–Crippen MR) is 103 cm³/mol. The number of aromatic nitrogens is 4. The number of rotatable bonds is 7. The quantitative estimate of drug-likeness (QED) is 0.482. The Labute approximate surface area is 166 Å². The molecule has 1 amide bonds. The Bertz CT molecular complexity index is 1010. The van der Waals surface area contributed by atoms with E-state index in [4.69, 9.17) is 11.6 Å². The van der Waals surface area contributed by atoms with Crippen LogP contribution in [0.15, 0.2) is 36.7 Å². The lowest BCUT2D eigenvalue weighted by Gasteiger charge is -2.06. The molecule has 0 spiro atoms. The van der Waals surface area contributed by atoms with Crippen LogP contribution in [0.2, 0.25) is 5.02 Å². The minimum absolute atomic E-state index is 0.0114. The first-order chi connectivity index (χ1) is 13.4. The van der Waals surface area contributed by atoms with Gasteiger partial charge in [-0.3, -0.25) is 9.48 Å². The predicted octanol–water partition coefficient (Wildman–Crippen LogP) is 2.95. The second kappa shape index (κ2) is 8.22. The second-order valence-corrected chi connectivity index (χ2v) is 6.61. The molecular weight excluding hydrogens is 384 g/mol. The Hall–Kier alpha value is -3.20. The maximum atomic E-state index is 12.3. The number of nitro groups is 1. The van der Waals surface area contributed by atoms with Gasteiger partial charge in [0.05, 0.1) is 24.0 Å². The van der Waals surface area contributed by atoms with Crippen molar-refractivity contribution < 1.29 is 9.72 Å². The van der Waals surface area contributed by atoms with Gasteiger partial charge in [-0.05, 0) is 36.5 Å². The highest BCUT2D eigenvalue weighted by Gasteiger charge is 2.19. The number of benzene rings is 1. The molecule has 3 rings (SSSR count). The van der Waals surface area contributed by atoms with Crippen molar-refractivity contribution in [3.63, 3.8) is 0 Å². The molecule has 0 fully saturated rings. The average molecular weight is 403 g/mol. The van der Waals surface area contributed by atoms with Crippen molar-refractivity contribution in [2.24, 2.45) is 0 Å². The van der Waals surface area contributed by atoms with E-state index in [1.807, 2.05) is 18.5 Å². The number of hydrogen-bond acceptors (Lipinski definition) is 5. The number of aryl methyl sites for hydroxylation is 1. The summed E-state index contributed by atoms with van der Waals surface area (Å²) in [6.07, 6.45) is 3.16. The SMILES string of the molecule is CCn1ncc(CNC(=O)c2ccc(Cn3cc(Cl)c([N+](=O)[O-])n3)cc2)c1C. The van der Waals surface area contributed by atoms with Crippen molar-refractivity contribution in [2.45, 2.75) is 33.5 Å². The molecule has 146 valence electrons. The van der Waals surface area contributed by atoms with E-state index in [0.29, 0.717) is 18.7 Å². The molecule has 0 aliphatic heterocycles. The first kappa shape index (κ1) is 19.6. The Morgan fingerprint density at radius 2 is 2.04 bits per heavy atom. The molecule has 28 heavy (non-hydrogen) atoms. The Kier molecular flexibility index (Phi) is 5.74. The Morgan fingerprint density at radius 1 is 1.32 bits per heavy atom. The summed E-state index contributed by atoms with van der Waals surface area (Å²) >= 11 is 5.80. The molecule has 2 aromatic heterocycles. The lowest BCUT2D eigenvalue weighted by molar-refractivity contribution is -0.389. The van der Waals surface area contributed by atoms with Gasteiger partial charge in [0.2, 0.25) is 0 Å². The van der Waals surface area contributed by atoms with Gasteiger partial charge in [0.15, 0.2) is 5.02 Å². The van der Waals surface area contributed by atoms with Gasteiger partial charge in [-0.2, -0.15) is 9.78 Å². The molecule has 0 atom stereocenters. The number of carbonyl (C=O) groups is 1. The summed E-state index contributed by atoms with van der Waals surface area (Å²) in [5.74, 6) is -0.563. The van der Waals surface area contributed by atoms with Gasteiger partial charge in [0.25, 0.3) is 5.91 Å².